The predicted octanol–water partition coefficient (Wildman–Crippen LogP) is 2.04. The molecule has 0 unspecified atom stereocenters. The second-order valence-corrected chi connectivity index (χ2v) is 6.95. The highest BCUT2D eigenvalue weighted by Crippen LogP contribution is 2.36. The number of amides is 3. The van der Waals surface area contributed by atoms with Crippen LogP contribution in [0.3, 0.4) is 0 Å². The number of esters is 1. The molecule has 1 saturated heterocycles. The number of nitrogens with zero attached hydrogens (tertiary/aromatic N) is 1. The zero-order chi connectivity index (χ0) is 20.4. The van der Waals surface area contributed by atoms with Gasteiger partial charge in [0, 0.05) is 5.69 Å². The monoisotopic (exact) mass is 388 g/mol. The molecule has 8 heteroatoms. The number of anilines is 1. The molecular weight excluding hydrogens is 367 g/mol. The van der Waals surface area contributed by atoms with Crippen LogP contribution in [0.4, 0.5) is 10.1 Å². The molecule has 0 saturated carbocycles. The Morgan fingerprint density at radius 3 is 2.14 bits per heavy atom. The molecule has 0 bridgehead atoms. The predicted molar refractivity (Wildman–Crippen MR) is 97.3 cm³/mol. The molecule has 0 spiro atoms. The van der Waals surface area contributed by atoms with Crippen LogP contribution in [0.25, 0.3) is 0 Å². The lowest BCUT2D eigenvalue weighted by Gasteiger charge is -2.23. The molecule has 1 aromatic rings. The van der Waals surface area contributed by atoms with Gasteiger partial charge < -0.3 is 10.1 Å². The van der Waals surface area contributed by atoms with Gasteiger partial charge in [0.25, 0.3) is 5.91 Å². The molecule has 0 radical (unpaired) electrons. The molecule has 28 heavy (non-hydrogen) atoms. The van der Waals surface area contributed by atoms with E-state index in [0.29, 0.717) is 18.5 Å². The van der Waals surface area contributed by atoms with Crippen molar-refractivity contribution in [2.45, 2.75) is 38.8 Å². The van der Waals surface area contributed by atoms with Crippen molar-refractivity contribution in [3.63, 3.8) is 0 Å². The van der Waals surface area contributed by atoms with Gasteiger partial charge in [-0.25, -0.2) is 9.18 Å². The van der Waals surface area contributed by atoms with E-state index in [-0.39, 0.29) is 11.8 Å². The lowest BCUT2D eigenvalue weighted by molar-refractivity contribution is -0.163. The van der Waals surface area contributed by atoms with E-state index in [1.54, 1.807) is 0 Å². The fraction of sp³-hybridized carbons (Fsp3) is 0.400. The lowest BCUT2D eigenvalue weighted by Crippen LogP contribution is -2.46. The van der Waals surface area contributed by atoms with Gasteiger partial charge in [-0.05, 0) is 51.0 Å². The van der Waals surface area contributed by atoms with Gasteiger partial charge in [-0.15, -0.1) is 0 Å². The van der Waals surface area contributed by atoms with Crippen LogP contribution < -0.4 is 5.32 Å². The Morgan fingerprint density at radius 2 is 1.61 bits per heavy atom. The number of rotatable bonds is 5. The van der Waals surface area contributed by atoms with E-state index in [1.165, 1.54) is 38.1 Å². The van der Waals surface area contributed by atoms with Crippen LogP contribution in [0.15, 0.2) is 36.4 Å². The molecule has 148 valence electrons. The van der Waals surface area contributed by atoms with Crippen molar-refractivity contribution >= 4 is 29.4 Å². The van der Waals surface area contributed by atoms with Gasteiger partial charge in [0.1, 0.15) is 11.9 Å². The van der Waals surface area contributed by atoms with E-state index in [9.17, 15) is 23.6 Å². The van der Waals surface area contributed by atoms with Crippen molar-refractivity contribution < 1.29 is 28.3 Å². The third kappa shape index (κ3) is 3.81. The molecule has 3 rings (SSSR count). The molecule has 1 fully saturated rings. The number of benzene rings is 1. The van der Waals surface area contributed by atoms with E-state index < -0.39 is 41.7 Å². The SMILES string of the molecule is C[C@H](OC(=O)[C@H](C)N1C(=O)[C@H]2CC=CC[C@H]2C1=O)C(=O)Nc1ccc(F)cc1. The van der Waals surface area contributed by atoms with Gasteiger partial charge in [-0.3, -0.25) is 19.3 Å². The number of carbonyl (C=O) groups excluding carboxylic acids is 4. The first-order chi connectivity index (χ1) is 13.3. The largest absolute Gasteiger partial charge is 0.451 e. The van der Waals surface area contributed by atoms with Gasteiger partial charge in [0.2, 0.25) is 11.8 Å². The number of ether oxygens (including phenoxy) is 1. The van der Waals surface area contributed by atoms with Crippen molar-refractivity contribution in [1.82, 2.24) is 4.90 Å². The van der Waals surface area contributed by atoms with Crippen LogP contribution >= 0.6 is 0 Å². The molecule has 0 aromatic heterocycles. The molecule has 1 aromatic carbocycles. The van der Waals surface area contributed by atoms with Crippen LogP contribution in [0.1, 0.15) is 26.7 Å². The number of imide groups is 1. The quantitative estimate of drug-likeness (QED) is 0.473. The Bertz CT molecular complexity index is 810. The third-order valence-corrected chi connectivity index (χ3v) is 5.04. The topological polar surface area (TPSA) is 92.8 Å². The Kier molecular flexibility index (Phi) is 5.58. The minimum absolute atomic E-state index is 0.351. The molecule has 2 aliphatic rings. The van der Waals surface area contributed by atoms with Crippen molar-refractivity contribution in [3.05, 3.63) is 42.2 Å². The van der Waals surface area contributed by atoms with E-state index in [2.05, 4.69) is 5.32 Å². The highest BCUT2D eigenvalue weighted by atomic mass is 19.1. The smallest absolute Gasteiger partial charge is 0.329 e. The van der Waals surface area contributed by atoms with Gasteiger partial charge in [-0.2, -0.15) is 0 Å². The summed E-state index contributed by atoms with van der Waals surface area (Å²) < 4.78 is 18.1. The van der Waals surface area contributed by atoms with Gasteiger partial charge in [-0.1, -0.05) is 12.2 Å². The summed E-state index contributed by atoms with van der Waals surface area (Å²) in [4.78, 5) is 50.6. The summed E-state index contributed by atoms with van der Waals surface area (Å²) in [7, 11) is 0. The number of hydrogen-bond donors (Lipinski definition) is 1. The third-order valence-electron chi connectivity index (χ3n) is 5.04. The number of fused-ring (bicyclic) bond motifs is 1. The van der Waals surface area contributed by atoms with Crippen LogP contribution in [0.2, 0.25) is 0 Å². The highest BCUT2D eigenvalue weighted by molar-refractivity contribution is 6.08. The number of hydrogen-bond acceptors (Lipinski definition) is 5. The molecular formula is C20H21FN2O5. The van der Waals surface area contributed by atoms with Gasteiger partial charge in [0.05, 0.1) is 11.8 Å². The van der Waals surface area contributed by atoms with Crippen LogP contribution in [-0.2, 0) is 23.9 Å². The summed E-state index contributed by atoms with van der Waals surface area (Å²) in [5.41, 5.74) is 0.351. The molecule has 1 N–H and O–H groups in total. The van der Waals surface area contributed by atoms with E-state index >= 15 is 0 Å². The molecule has 1 aliphatic heterocycles. The summed E-state index contributed by atoms with van der Waals surface area (Å²) >= 11 is 0. The second-order valence-electron chi connectivity index (χ2n) is 6.95. The average molecular weight is 388 g/mol. The zero-order valence-electron chi connectivity index (χ0n) is 15.6. The first kappa shape index (κ1) is 19.7. The Morgan fingerprint density at radius 1 is 1.07 bits per heavy atom. The molecule has 1 heterocycles. The van der Waals surface area contributed by atoms with Crippen LogP contribution in [-0.4, -0.2) is 40.7 Å². The minimum atomic E-state index is -1.16. The molecule has 3 amide bonds. The fourth-order valence-corrected chi connectivity index (χ4v) is 3.42. The number of carbonyl (C=O) groups is 4. The normalized spacial score (nSPS) is 23.2. The van der Waals surface area contributed by atoms with Crippen LogP contribution in [0.5, 0.6) is 0 Å². The molecule has 1 aliphatic carbocycles. The van der Waals surface area contributed by atoms with Gasteiger partial charge in [0.15, 0.2) is 6.10 Å². The standard InChI is InChI=1S/C20H21FN2O5/c1-11(23-18(25)15-5-3-4-6-16(15)19(23)26)20(27)28-12(2)17(24)22-14-9-7-13(21)8-10-14/h3-4,7-12,15-16H,5-6H2,1-2H3,(H,22,24)/t11-,12-,15-,16+/m0/s1. The number of allylic oxidation sites excluding steroid dienone is 2. The first-order valence-corrected chi connectivity index (χ1v) is 9.08. The number of nitrogens with one attached hydrogen (secondary N) is 1. The van der Waals surface area contributed by atoms with Crippen molar-refractivity contribution in [1.29, 1.82) is 0 Å². The molecule has 7 nitrogen and oxygen atoms in total. The second kappa shape index (κ2) is 7.92. The molecule has 4 atom stereocenters. The first-order valence-electron chi connectivity index (χ1n) is 9.08. The summed E-state index contributed by atoms with van der Waals surface area (Å²) in [5, 5.41) is 2.50. The van der Waals surface area contributed by atoms with Crippen molar-refractivity contribution in [2.24, 2.45) is 11.8 Å². The van der Waals surface area contributed by atoms with Crippen LogP contribution in [0, 0.1) is 17.7 Å². The maximum absolute atomic E-state index is 12.9. The summed E-state index contributed by atoms with van der Waals surface area (Å²) in [5.74, 6) is -3.53. The maximum Gasteiger partial charge on any atom is 0.329 e. The average Bonchev–Trinajstić information content (AvgIpc) is 2.93. The van der Waals surface area contributed by atoms with E-state index in [1.807, 2.05) is 12.2 Å². The summed E-state index contributed by atoms with van der Waals surface area (Å²) in [6.07, 6.45) is 3.52. The Labute approximate surface area is 161 Å². The minimum Gasteiger partial charge on any atom is -0.451 e. The Hall–Kier alpha value is -3.03. The summed E-state index contributed by atoms with van der Waals surface area (Å²) in [6, 6.07) is 4.01. The Balaban J connectivity index is 1.60. The van der Waals surface area contributed by atoms with E-state index in [4.69, 9.17) is 4.74 Å². The van der Waals surface area contributed by atoms with Crippen molar-refractivity contribution in [2.75, 3.05) is 5.32 Å². The zero-order valence-corrected chi connectivity index (χ0v) is 15.6. The number of halogens is 1. The lowest BCUT2D eigenvalue weighted by atomic mass is 9.85. The fourth-order valence-electron chi connectivity index (χ4n) is 3.42. The highest BCUT2D eigenvalue weighted by Gasteiger charge is 2.50. The van der Waals surface area contributed by atoms with Gasteiger partial charge >= 0.3 is 5.97 Å². The summed E-state index contributed by atoms with van der Waals surface area (Å²) in [6.45, 7) is 2.79. The van der Waals surface area contributed by atoms with E-state index in [0.717, 1.165) is 4.90 Å². The maximum atomic E-state index is 12.9. The van der Waals surface area contributed by atoms with Crippen molar-refractivity contribution in [3.8, 4) is 0 Å². The number of likely N-dealkylation sites (tertiary alicyclic amines) is 1.